The molecule has 0 aliphatic heterocycles. The molecule has 3 heterocycles. The van der Waals surface area contributed by atoms with Crippen LogP contribution in [0.4, 0.5) is 0 Å². The number of aliphatic hydroxyl groups excluding tert-OH is 1. The highest BCUT2D eigenvalue weighted by atomic mass is 35.5. The van der Waals surface area contributed by atoms with Crippen LogP contribution in [-0.4, -0.2) is 40.5 Å². The predicted molar refractivity (Wildman–Crippen MR) is 91.0 cm³/mol. The second kappa shape index (κ2) is 6.69. The fraction of sp³-hybridized carbons (Fsp3) is 0.333. The first-order valence-electron chi connectivity index (χ1n) is 7.54. The van der Waals surface area contributed by atoms with Crippen LogP contribution in [0.5, 0.6) is 6.01 Å². The zero-order valence-corrected chi connectivity index (χ0v) is 14.1. The van der Waals surface area contributed by atoms with Crippen LogP contribution in [-0.2, 0) is 20.1 Å². The Balaban J connectivity index is 2.20. The summed E-state index contributed by atoms with van der Waals surface area (Å²) in [5.41, 5.74) is -0.390. The molecule has 0 aliphatic carbocycles. The van der Waals surface area contributed by atoms with Gasteiger partial charge < -0.3 is 10.2 Å². The van der Waals surface area contributed by atoms with Crippen molar-refractivity contribution in [3.8, 4) is 6.01 Å². The van der Waals surface area contributed by atoms with Crippen LogP contribution in [0.3, 0.4) is 0 Å². The van der Waals surface area contributed by atoms with Crippen molar-refractivity contribution in [1.29, 1.82) is 0 Å². The lowest BCUT2D eigenvalue weighted by Gasteiger charge is -2.09. The second-order valence-electron chi connectivity index (χ2n) is 5.51. The number of rotatable bonds is 5. The summed E-state index contributed by atoms with van der Waals surface area (Å²) in [4.78, 5) is 33.1. The number of aromatic nitrogens is 5. The minimum Gasteiger partial charge on any atom is -0.480 e. The zero-order valence-electron chi connectivity index (χ0n) is 13.4. The molecule has 9 nitrogen and oxygen atoms in total. The van der Waals surface area contributed by atoms with Crippen LogP contribution in [0, 0.1) is 0 Å². The SMILES string of the molecule is Cn1c(=O)n(CCCO)c(=O)c2c1nc(O)n2Cc1ccc(Cl)cn1. The quantitative estimate of drug-likeness (QED) is 0.661. The monoisotopic (exact) mass is 365 g/mol. The van der Waals surface area contributed by atoms with Crippen LogP contribution in [0.1, 0.15) is 12.1 Å². The van der Waals surface area contributed by atoms with Gasteiger partial charge in [0.05, 0.1) is 17.3 Å². The van der Waals surface area contributed by atoms with E-state index in [2.05, 4.69) is 9.97 Å². The highest BCUT2D eigenvalue weighted by Gasteiger charge is 2.20. The predicted octanol–water partition coefficient (Wildman–Crippen LogP) is 0.0814. The van der Waals surface area contributed by atoms with Crippen molar-refractivity contribution in [2.24, 2.45) is 7.05 Å². The first-order chi connectivity index (χ1) is 11.9. The summed E-state index contributed by atoms with van der Waals surface area (Å²) >= 11 is 5.81. The molecule has 0 amide bonds. The van der Waals surface area contributed by atoms with Gasteiger partial charge in [0.1, 0.15) is 0 Å². The van der Waals surface area contributed by atoms with Crippen LogP contribution in [0.15, 0.2) is 27.9 Å². The average Bonchev–Trinajstić information content (AvgIpc) is 2.92. The first-order valence-corrected chi connectivity index (χ1v) is 7.92. The second-order valence-corrected chi connectivity index (χ2v) is 5.95. The van der Waals surface area contributed by atoms with E-state index < -0.39 is 17.3 Å². The molecule has 0 saturated carbocycles. The van der Waals surface area contributed by atoms with Crippen molar-refractivity contribution in [2.75, 3.05) is 6.61 Å². The van der Waals surface area contributed by atoms with E-state index in [0.29, 0.717) is 10.7 Å². The van der Waals surface area contributed by atoms with Crippen molar-refractivity contribution in [2.45, 2.75) is 19.5 Å². The van der Waals surface area contributed by atoms with Gasteiger partial charge in [-0.1, -0.05) is 11.6 Å². The summed E-state index contributed by atoms with van der Waals surface area (Å²) in [6, 6.07) is 2.92. The van der Waals surface area contributed by atoms with Crippen molar-refractivity contribution in [3.63, 3.8) is 0 Å². The Morgan fingerprint density at radius 3 is 2.64 bits per heavy atom. The minimum atomic E-state index is -0.576. The van der Waals surface area contributed by atoms with Crippen molar-refractivity contribution in [1.82, 2.24) is 23.7 Å². The molecule has 0 saturated heterocycles. The molecule has 0 unspecified atom stereocenters. The summed E-state index contributed by atoms with van der Waals surface area (Å²) < 4.78 is 3.51. The third kappa shape index (κ3) is 3.03. The summed E-state index contributed by atoms with van der Waals surface area (Å²) in [5, 5.41) is 19.6. The Morgan fingerprint density at radius 1 is 1.24 bits per heavy atom. The fourth-order valence-corrected chi connectivity index (χ4v) is 2.71. The summed E-state index contributed by atoms with van der Waals surface area (Å²) in [7, 11) is 1.47. The number of halogens is 1. The minimum absolute atomic E-state index is 0.0725. The number of aliphatic hydroxyl groups is 1. The normalized spacial score (nSPS) is 11.3. The van der Waals surface area contributed by atoms with E-state index in [0.717, 1.165) is 4.57 Å². The molecule has 0 aromatic carbocycles. The van der Waals surface area contributed by atoms with Crippen LogP contribution in [0.25, 0.3) is 11.2 Å². The van der Waals surface area contributed by atoms with Gasteiger partial charge >= 0.3 is 5.69 Å². The van der Waals surface area contributed by atoms with Crippen molar-refractivity contribution >= 4 is 22.8 Å². The molecule has 132 valence electrons. The molecule has 3 rings (SSSR count). The van der Waals surface area contributed by atoms with E-state index in [1.807, 2.05) is 0 Å². The van der Waals surface area contributed by atoms with Gasteiger partial charge in [-0.05, 0) is 18.6 Å². The fourth-order valence-electron chi connectivity index (χ4n) is 2.60. The topological polar surface area (TPSA) is 115 Å². The lowest BCUT2D eigenvalue weighted by Crippen LogP contribution is -2.39. The third-order valence-electron chi connectivity index (χ3n) is 3.86. The Labute approximate surface area is 146 Å². The lowest BCUT2D eigenvalue weighted by atomic mass is 10.3. The zero-order chi connectivity index (χ0) is 18.1. The van der Waals surface area contributed by atoms with Gasteiger partial charge in [-0.2, -0.15) is 4.98 Å². The molecule has 10 heteroatoms. The highest BCUT2D eigenvalue weighted by molar-refractivity contribution is 6.30. The highest BCUT2D eigenvalue weighted by Crippen LogP contribution is 2.18. The van der Waals surface area contributed by atoms with Crippen molar-refractivity contribution < 1.29 is 10.2 Å². The van der Waals surface area contributed by atoms with Gasteiger partial charge in [0.2, 0.25) is 0 Å². The molecular weight excluding hydrogens is 350 g/mol. The van der Waals surface area contributed by atoms with Gasteiger partial charge in [0.25, 0.3) is 11.6 Å². The molecule has 25 heavy (non-hydrogen) atoms. The van der Waals surface area contributed by atoms with E-state index in [1.165, 1.54) is 22.4 Å². The smallest absolute Gasteiger partial charge is 0.332 e. The van der Waals surface area contributed by atoms with Gasteiger partial charge in [0.15, 0.2) is 11.2 Å². The van der Waals surface area contributed by atoms with Gasteiger partial charge in [0, 0.05) is 26.4 Å². The Kier molecular flexibility index (Phi) is 4.60. The summed E-state index contributed by atoms with van der Waals surface area (Å²) in [6.07, 6.45) is 1.72. The molecule has 0 aliphatic rings. The Hall–Kier alpha value is -2.65. The Morgan fingerprint density at radius 2 is 2.00 bits per heavy atom. The van der Waals surface area contributed by atoms with Crippen LogP contribution >= 0.6 is 11.6 Å². The van der Waals surface area contributed by atoms with E-state index in [9.17, 15) is 14.7 Å². The molecule has 2 N–H and O–H groups in total. The molecule has 0 radical (unpaired) electrons. The average molecular weight is 366 g/mol. The summed E-state index contributed by atoms with van der Waals surface area (Å²) in [6.45, 7) is 0.0167. The van der Waals surface area contributed by atoms with Crippen LogP contribution < -0.4 is 11.2 Å². The molecule has 0 fully saturated rings. The number of nitrogens with zero attached hydrogens (tertiary/aromatic N) is 5. The number of hydrogen-bond acceptors (Lipinski definition) is 6. The maximum absolute atomic E-state index is 12.7. The molecule has 0 atom stereocenters. The van der Waals surface area contributed by atoms with E-state index in [4.69, 9.17) is 16.7 Å². The molecule has 0 bridgehead atoms. The number of aryl methyl sites for hydroxylation is 1. The van der Waals surface area contributed by atoms with Gasteiger partial charge in [-0.3, -0.25) is 23.5 Å². The largest absolute Gasteiger partial charge is 0.480 e. The number of fused-ring (bicyclic) bond motifs is 1. The van der Waals surface area contributed by atoms with E-state index in [-0.39, 0.29) is 37.3 Å². The summed E-state index contributed by atoms with van der Waals surface area (Å²) in [5.74, 6) is 0. The maximum atomic E-state index is 12.7. The molecular formula is C15H16ClN5O4. The number of pyridine rings is 1. The molecule has 3 aromatic heterocycles. The Bertz CT molecular complexity index is 1040. The van der Waals surface area contributed by atoms with Crippen LogP contribution in [0.2, 0.25) is 5.02 Å². The van der Waals surface area contributed by atoms with Crippen molar-refractivity contribution in [3.05, 3.63) is 49.9 Å². The first kappa shape index (κ1) is 17.2. The molecule has 0 spiro atoms. The number of hydrogen-bond donors (Lipinski definition) is 2. The number of imidazole rings is 1. The standard InChI is InChI=1S/C15H16ClN5O4/c1-19-12-11(13(23)20(15(19)25)5-2-6-22)21(14(24)18-12)8-10-4-3-9(16)7-17-10/h3-4,7,22H,2,5-6,8H2,1H3,(H,18,24). The number of aromatic hydroxyl groups is 1. The van der Waals surface area contributed by atoms with E-state index >= 15 is 0 Å². The third-order valence-corrected chi connectivity index (χ3v) is 4.08. The maximum Gasteiger partial charge on any atom is 0.332 e. The van der Waals surface area contributed by atoms with Gasteiger partial charge in [-0.25, -0.2) is 4.79 Å². The lowest BCUT2D eigenvalue weighted by molar-refractivity contribution is 0.277. The van der Waals surface area contributed by atoms with Gasteiger partial charge in [-0.15, -0.1) is 0 Å². The molecule has 3 aromatic rings. The van der Waals surface area contributed by atoms with E-state index in [1.54, 1.807) is 12.1 Å².